The standard InChI is InChI=1S/C17H28N2O4S/c1-11(2)17-14-10-16(23-6)15(22-5)9-13(14)7-8-19(17)24(20,21)18-12(3)4/h9-12,17-18H,7-8H2,1-6H3. The summed E-state index contributed by atoms with van der Waals surface area (Å²) in [5.74, 6) is 1.43. The first-order valence-corrected chi connectivity index (χ1v) is 9.69. The van der Waals surface area contributed by atoms with Gasteiger partial charge in [0.1, 0.15) is 0 Å². The zero-order valence-electron chi connectivity index (χ0n) is 15.3. The highest BCUT2D eigenvalue weighted by Crippen LogP contribution is 2.41. The molecule has 1 aliphatic heterocycles. The van der Waals surface area contributed by atoms with Crippen LogP contribution < -0.4 is 14.2 Å². The molecule has 0 amide bonds. The van der Waals surface area contributed by atoms with E-state index in [0.29, 0.717) is 24.5 Å². The monoisotopic (exact) mass is 356 g/mol. The molecule has 136 valence electrons. The zero-order chi connectivity index (χ0) is 18.1. The van der Waals surface area contributed by atoms with Gasteiger partial charge in [-0.3, -0.25) is 0 Å². The van der Waals surface area contributed by atoms with Crippen molar-refractivity contribution in [3.63, 3.8) is 0 Å². The number of hydrogen-bond acceptors (Lipinski definition) is 4. The van der Waals surface area contributed by atoms with Crippen molar-refractivity contribution in [2.45, 2.75) is 46.2 Å². The number of methoxy groups -OCH3 is 2. The van der Waals surface area contributed by atoms with Crippen molar-refractivity contribution in [3.05, 3.63) is 23.3 Å². The van der Waals surface area contributed by atoms with Gasteiger partial charge in [-0.2, -0.15) is 17.4 Å². The van der Waals surface area contributed by atoms with E-state index in [-0.39, 0.29) is 18.0 Å². The Morgan fingerprint density at radius 3 is 2.21 bits per heavy atom. The molecule has 0 bridgehead atoms. The molecule has 1 N–H and O–H groups in total. The summed E-state index contributed by atoms with van der Waals surface area (Å²) in [5.41, 5.74) is 2.10. The topological polar surface area (TPSA) is 67.9 Å². The van der Waals surface area contributed by atoms with Crippen molar-refractivity contribution in [1.82, 2.24) is 9.03 Å². The molecule has 1 unspecified atom stereocenters. The molecule has 7 heteroatoms. The summed E-state index contributed by atoms with van der Waals surface area (Å²) in [6.07, 6.45) is 0.651. The van der Waals surface area contributed by atoms with Gasteiger partial charge < -0.3 is 9.47 Å². The summed E-state index contributed by atoms with van der Waals surface area (Å²) < 4.78 is 40.6. The molecular weight excluding hydrogens is 328 g/mol. The minimum Gasteiger partial charge on any atom is -0.493 e. The molecule has 0 aromatic heterocycles. The van der Waals surface area contributed by atoms with E-state index in [4.69, 9.17) is 9.47 Å². The first kappa shape index (κ1) is 19.0. The molecule has 0 fully saturated rings. The number of nitrogens with one attached hydrogen (secondary N) is 1. The van der Waals surface area contributed by atoms with Gasteiger partial charge in [0.2, 0.25) is 0 Å². The predicted molar refractivity (Wildman–Crippen MR) is 94.7 cm³/mol. The van der Waals surface area contributed by atoms with Crippen LogP contribution in [0.2, 0.25) is 0 Å². The summed E-state index contributed by atoms with van der Waals surface area (Å²) in [6, 6.07) is 3.50. The zero-order valence-corrected chi connectivity index (χ0v) is 16.1. The third kappa shape index (κ3) is 3.68. The number of rotatable bonds is 6. The molecule has 6 nitrogen and oxygen atoms in total. The Kier molecular flexibility index (Phi) is 5.78. The number of nitrogens with zero attached hydrogens (tertiary/aromatic N) is 1. The Labute approximate surface area is 145 Å². The lowest BCUT2D eigenvalue weighted by Gasteiger charge is -2.39. The lowest BCUT2D eigenvalue weighted by Crippen LogP contribution is -2.49. The fourth-order valence-electron chi connectivity index (χ4n) is 3.28. The van der Waals surface area contributed by atoms with E-state index in [2.05, 4.69) is 4.72 Å². The third-order valence-electron chi connectivity index (χ3n) is 4.20. The van der Waals surface area contributed by atoms with E-state index in [0.717, 1.165) is 11.1 Å². The third-order valence-corrected chi connectivity index (χ3v) is 6.00. The molecule has 0 radical (unpaired) electrons. The quantitative estimate of drug-likeness (QED) is 0.850. The summed E-state index contributed by atoms with van der Waals surface area (Å²) in [5, 5.41) is 0. The molecule has 0 saturated carbocycles. The maximum absolute atomic E-state index is 12.8. The Morgan fingerprint density at radius 1 is 1.12 bits per heavy atom. The van der Waals surface area contributed by atoms with Gasteiger partial charge in [0.05, 0.1) is 20.3 Å². The van der Waals surface area contributed by atoms with Crippen LogP contribution in [0.4, 0.5) is 0 Å². The summed E-state index contributed by atoms with van der Waals surface area (Å²) in [7, 11) is -0.346. The minimum absolute atomic E-state index is 0.130. The minimum atomic E-state index is -3.54. The Morgan fingerprint density at radius 2 is 1.71 bits per heavy atom. The SMILES string of the molecule is COc1cc2c(cc1OC)C(C(C)C)N(S(=O)(=O)NC(C)C)CC2. The van der Waals surface area contributed by atoms with Gasteiger partial charge in [0.25, 0.3) is 10.2 Å². The Hall–Kier alpha value is -1.31. The fraction of sp³-hybridized carbons (Fsp3) is 0.647. The van der Waals surface area contributed by atoms with Gasteiger partial charge in [0, 0.05) is 12.6 Å². The molecule has 0 aliphatic carbocycles. The van der Waals surface area contributed by atoms with Crippen LogP contribution >= 0.6 is 0 Å². The van der Waals surface area contributed by atoms with Gasteiger partial charge in [-0.05, 0) is 49.4 Å². The molecule has 2 rings (SSSR count). The first-order valence-electron chi connectivity index (χ1n) is 8.25. The van der Waals surface area contributed by atoms with Crippen molar-refractivity contribution in [2.24, 2.45) is 5.92 Å². The van der Waals surface area contributed by atoms with Gasteiger partial charge in [0.15, 0.2) is 11.5 Å². The average Bonchev–Trinajstić information content (AvgIpc) is 2.50. The van der Waals surface area contributed by atoms with Crippen LogP contribution in [-0.4, -0.2) is 39.5 Å². The van der Waals surface area contributed by atoms with Crippen LogP contribution in [0.25, 0.3) is 0 Å². The largest absolute Gasteiger partial charge is 0.493 e. The summed E-state index contributed by atoms with van der Waals surface area (Å²) in [4.78, 5) is 0. The van der Waals surface area contributed by atoms with E-state index < -0.39 is 10.2 Å². The van der Waals surface area contributed by atoms with E-state index in [1.807, 2.05) is 39.8 Å². The second-order valence-electron chi connectivity index (χ2n) is 6.73. The van der Waals surface area contributed by atoms with Gasteiger partial charge in [-0.25, -0.2) is 0 Å². The first-order chi connectivity index (χ1) is 11.2. The molecular formula is C17H28N2O4S. The van der Waals surface area contributed by atoms with Crippen molar-refractivity contribution in [3.8, 4) is 11.5 Å². The molecule has 1 aliphatic rings. The van der Waals surface area contributed by atoms with Gasteiger partial charge >= 0.3 is 0 Å². The van der Waals surface area contributed by atoms with Crippen molar-refractivity contribution < 1.29 is 17.9 Å². The normalized spacial score (nSPS) is 18.8. The van der Waals surface area contributed by atoms with Crippen LogP contribution in [0.3, 0.4) is 0 Å². The van der Waals surface area contributed by atoms with E-state index in [9.17, 15) is 8.42 Å². The second-order valence-corrected chi connectivity index (χ2v) is 8.39. The van der Waals surface area contributed by atoms with E-state index in [1.165, 1.54) is 0 Å². The smallest absolute Gasteiger partial charge is 0.280 e. The maximum atomic E-state index is 12.8. The Balaban J connectivity index is 2.52. The van der Waals surface area contributed by atoms with Gasteiger partial charge in [-0.1, -0.05) is 13.8 Å². The highest BCUT2D eigenvalue weighted by atomic mass is 32.2. The van der Waals surface area contributed by atoms with Crippen LogP contribution in [0, 0.1) is 5.92 Å². The maximum Gasteiger partial charge on any atom is 0.280 e. The van der Waals surface area contributed by atoms with E-state index in [1.54, 1.807) is 18.5 Å². The highest BCUT2D eigenvalue weighted by Gasteiger charge is 2.38. The number of ether oxygens (including phenoxy) is 2. The molecule has 1 aromatic rings. The van der Waals surface area contributed by atoms with Crippen molar-refractivity contribution in [2.75, 3.05) is 20.8 Å². The molecule has 0 spiro atoms. The summed E-state index contributed by atoms with van der Waals surface area (Å²) >= 11 is 0. The molecule has 24 heavy (non-hydrogen) atoms. The second kappa shape index (κ2) is 7.29. The lowest BCUT2D eigenvalue weighted by atomic mass is 9.87. The van der Waals surface area contributed by atoms with Crippen LogP contribution in [-0.2, 0) is 16.6 Å². The Bertz CT molecular complexity index is 686. The van der Waals surface area contributed by atoms with Crippen molar-refractivity contribution >= 4 is 10.2 Å². The van der Waals surface area contributed by atoms with Crippen LogP contribution in [0.15, 0.2) is 12.1 Å². The van der Waals surface area contributed by atoms with Crippen LogP contribution in [0.5, 0.6) is 11.5 Å². The van der Waals surface area contributed by atoms with Crippen molar-refractivity contribution in [1.29, 1.82) is 0 Å². The van der Waals surface area contributed by atoms with E-state index >= 15 is 0 Å². The molecule has 1 heterocycles. The molecule has 1 aromatic carbocycles. The fourth-order valence-corrected chi connectivity index (χ4v) is 5.00. The average molecular weight is 356 g/mol. The number of benzene rings is 1. The summed E-state index contributed by atoms with van der Waals surface area (Å²) in [6.45, 7) is 8.18. The molecule has 1 atom stereocenters. The van der Waals surface area contributed by atoms with Gasteiger partial charge in [-0.15, -0.1) is 0 Å². The predicted octanol–water partition coefficient (Wildman–Crippen LogP) is 2.50. The van der Waals surface area contributed by atoms with Crippen LogP contribution in [0.1, 0.15) is 44.9 Å². The lowest BCUT2D eigenvalue weighted by molar-refractivity contribution is 0.242. The molecule has 0 saturated heterocycles. The number of fused-ring (bicyclic) bond motifs is 1. The highest BCUT2D eigenvalue weighted by molar-refractivity contribution is 7.87. The number of hydrogen-bond donors (Lipinski definition) is 1.